The number of anilines is 1. The van der Waals surface area contributed by atoms with Crippen molar-refractivity contribution >= 4 is 40.6 Å². The maximum atomic E-state index is 11.7. The number of ether oxygens (including phenoxy) is 4. The minimum Gasteiger partial charge on any atom is -0.476 e. The van der Waals surface area contributed by atoms with Gasteiger partial charge in [-0.05, 0) is 5.56 Å². The smallest absolute Gasteiger partial charge is 0.303 e. The number of aromatic nitrogens is 4. The van der Waals surface area contributed by atoms with Crippen molar-refractivity contribution in [1.82, 2.24) is 19.5 Å². The average Bonchev–Trinajstić information content (AvgIpc) is 3.46. The molecule has 0 bridgehead atoms. The number of benzene rings is 1. The third-order valence-electron chi connectivity index (χ3n) is 5.71. The van der Waals surface area contributed by atoms with E-state index in [0.29, 0.717) is 17.6 Å². The van der Waals surface area contributed by atoms with Crippen LogP contribution in [-0.2, 0) is 35.0 Å². The highest BCUT2D eigenvalue weighted by Gasteiger charge is 2.40. The van der Waals surface area contributed by atoms with E-state index in [1.807, 2.05) is 0 Å². The van der Waals surface area contributed by atoms with Crippen LogP contribution in [0.1, 0.15) is 39.0 Å². The molecule has 3 atom stereocenters. The molecule has 1 amide bonds. The molecule has 1 fully saturated rings. The van der Waals surface area contributed by atoms with Gasteiger partial charge in [0, 0.05) is 45.7 Å². The van der Waals surface area contributed by atoms with Gasteiger partial charge in [0.15, 0.2) is 11.2 Å². The van der Waals surface area contributed by atoms with Crippen molar-refractivity contribution in [2.24, 2.45) is 0 Å². The normalized spacial score (nSPS) is 18.5. The van der Waals surface area contributed by atoms with Crippen LogP contribution in [-0.4, -0.2) is 67.7 Å². The van der Waals surface area contributed by atoms with Gasteiger partial charge in [0.25, 0.3) is 5.69 Å². The summed E-state index contributed by atoms with van der Waals surface area (Å²) < 4.78 is 23.9. The maximum Gasteiger partial charge on any atom is 0.303 e. The van der Waals surface area contributed by atoms with Gasteiger partial charge in [-0.2, -0.15) is 9.97 Å². The average molecular weight is 543 g/mol. The van der Waals surface area contributed by atoms with Crippen molar-refractivity contribution in [3.05, 3.63) is 46.3 Å². The zero-order valence-corrected chi connectivity index (χ0v) is 21.4. The quantitative estimate of drug-likeness (QED) is 0.224. The number of nitrogens with zero attached hydrogens (tertiary/aromatic N) is 5. The Kier molecular flexibility index (Phi) is 8.29. The SMILES string of the molecule is CC(=O)Nc1nc(OCCc2ccc([N+](=O)[O-])cc2)c2ncn([C@H]3CC(OC(C)=O)[C@@H](COC(C)=O)O3)c2n1. The zero-order valence-electron chi connectivity index (χ0n) is 21.4. The Morgan fingerprint density at radius 2 is 1.90 bits per heavy atom. The van der Waals surface area contributed by atoms with Gasteiger partial charge in [-0.15, -0.1) is 0 Å². The number of esters is 2. The number of carbonyl (C=O) groups is 3. The summed E-state index contributed by atoms with van der Waals surface area (Å²) in [5.74, 6) is -1.32. The van der Waals surface area contributed by atoms with Crippen LogP contribution in [0, 0.1) is 10.1 Å². The second kappa shape index (κ2) is 11.8. The number of hydrogen-bond acceptors (Lipinski definition) is 12. The summed E-state index contributed by atoms with van der Waals surface area (Å²) in [4.78, 5) is 58.1. The number of non-ortho nitro benzene ring substituents is 1. The van der Waals surface area contributed by atoms with E-state index < -0.39 is 41.2 Å². The summed E-state index contributed by atoms with van der Waals surface area (Å²) in [5, 5.41) is 13.4. The second-order valence-electron chi connectivity index (χ2n) is 8.69. The van der Waals surface area contributed by atoms with E-state index in [0.717, 1.165) is 5.56 Å². The monoisotopic (exact) mass is 542 g/mol. The molecular formula is C24H26N6O9. The molecule has 1 unspecified atom stereocenters. The van der Waals surface area contributed by atoms with E-state index >= 15 is 0 Å². The molecule has 4 rings (SSSR count). The first-order valence-corrected chi connectivity index (χ1v) is 11.9. The molecule has 1 aromatic carbocycles. The topological polar surface area (TPSA) is 187 Å². The lowest BCUT2D eigenvalue weighted by atomic mass is 10.1. The zero-order chi connectivity index (χ0) is 28.1. The van der Waals surface area contributed by atoms with Crippen LogP contribution >= 0.6 is 0 Å². The van der Waals surface area contributed by atoms with Crippen LogP contribution in [0.15, 0.2) is 30.6 Å². The van der Waals surface area contributed by atoms with Gasteiger partial charge in [-0.1, -0.05) is 12.1 Å². The molecule has 0 spiro atoms. The highest BCUT2D eigenvalue weighted by Crippen LogP contribution is 2.34. The molecule has 3 heterocycles. The van der Waals surface area contributed by atoms with E-state index in [4.69, 9.17) is 18.9 Å². The largest absolute Gasteiger partial charge is 0.476 e. The molecule has 0 aliphatic carbocycles. The summed E-state index contributed by atoms with van der Waals surface area (Å²) in [6.45, 7) is 3.90. The van der Waals surface area contributed by atoms with Gasteiger partial charge in [0.05, 0.1) is 17.9 Å². The molecule has 39 heavy (non-hydrogen) atoms. The summed E-state index contributed by atoms with van der Waals surface area (Å²) in [6.07, 6.45) is 0.0322. The standard InChI is InChI=1S/C24H26N6O9/c1-13(31)26-24-27-22-21(23(28-24)36-9-8-16-4-6-17(7-5-16)30(34)35)25-12-29(22)20-10-18(38-15(3)33)19(39-20)11-37-14(2)32/h4-7,12,18-20H,8-11H2,1-3H3,(H,26,27,28,31)/t18?,19-,20-/m1/s1. The van der Waals surface area contributed by atoms with Gasteiger partial charge in [-0.3, -0.25) is 34.4 Å². The molecular weight excluding hydrogens is 516 g/mol. The fourth-order valence-electron chi connectivity index (χ4n) is 4.02. The van der Waals surface area contributed by atoms with Crippen molar-refractivity contribution < 1.29 is 38.3 Å². The van der Waals surface area contributed by atoms with E-state index in [1.165, 1.54) is 39.2 Å². The lowest BCUT2D eigenvalue weighted by molar-refractivity contribution is -0.384. The third-order valence-corrected chi connectivity index (χ3v) is 5.71. The van der Waals surface area contributed by atoms with Gasteiger partial charge >= 0.3 is 11.9 Å². The number of carbonyl (C=O) groups excluding carboxylic acids is 3. The van der Waals surface area contributed by atoms with Gasteiger partial charge in [0.1, 0.15) is 25.0 Å². The fraction of sp³-hybridized carbons (Fsp3) is 0.417. The van der Waals surface area contributed by atoms with Crippen molar-refractivity contribution in [2.75, 3.05) is 18.5 Å². The summed E-state index contributed by atoms with van der Waals surface area (Å²) in [6, 6.07) is 6.10. The Balaban J connectivity index is 1.57. The highest BCUT2D eigenvalue weighted by molar-refractivity contribution is 5.88. The van der Waals surface area contributed by atoms with Crippen LogP contribution in [0.3, 0.4) is 0 Å². The van der Waals surface area contributed by atoms with Crippen molar-refractivity contribution in [3.63, 3.8) is 0 Å². The predicted octanol–water partition coefficient (Wildman–Crippen LogP) is 2.10. The number of rotatable bonds is 10. The summed E-state index contributed by atoms with van der Waals surface area (Å²) in [7, 11) is 0. The van der Waals surface area contributed by atoms with Crippen LogP contribution in [0.2, 0.25) is 0 Å². The van der Waals surface area contributed by atoms with Gasteiger partial charge in [-0.25, -0.2) is 4.98 Å². The third kappa shape index (κ3) is 6.81. The molecule has 1 aliphatic rings. The van der Waals surface area contributed by atoms with E-state index in [1.54, 1.807) is 16.7 Å². The molecule has 3 aromatic rings. The summed E-state index contributed by atoms with van der Waals surface area (Å²) in [5.41, 5.74) is 1.39. The van der Waals surface area contributed by atoms with E-state index in [-0.39, 0.29) is 37.2 Å². The highest BCUT2D eigenvalue weighted by atomic mass is 16.6. The Morgan fingerprint density at radius 1 is 1.15 bits per heavy atom. The van der Waals surface area contributed by atoms with Crippen LogP contribution < -0.4 is 10.1 Å². The van der Waals surface area contributed by atoms with Crippen LogP contribution in [0.25, 0.3) is 11.2 Å². The Hall–Kier alpha value is -4.66. The molecule has 1 saturated heterocycles. The first-order valence-electron chi connectivity index (χ1n) is 11.9. The first kappa shape index (κ1) is 27.4. The molecule has 15 heteroatoms. The van der Waals surface area contributed by atoms with Crippen molar-refractivity contribution in [1.29, 1.82) is 0 Å². The van der Waals surface area contributed by atoms with Crippen LogP contribution in [0.5, 0.6) is 5.88 Å². The number of amides is 1. The molecule has 0 radical (unpaired) electrons. The number of nitrogens with one attached hydrogen (secondary N) is 1. The van der Waals surface area contributed by atoms with Gasteiger partial charge in [0.2, 0.25) is 17.7 Å². The van der Waals surface area contributed by atoms with Crippen LogP contribution in [0.4, 0.5) is 11.6 Å². The Labute approximate surface area is 221 Å². The fourth-order valence-corrected chi connectivity index (χ4v) is 4.02. The molecule has 206 valence electrons. The number of imidazole rings is 1. The van der Waals surface area contributed by atoms with Crippen molar-refractivity contribution in [2.45, 2.75) is 52.0 Å². The minimum atomic E-state index is -0.714. The van der Waals surface area contributed by atoms with E-state index in [2.05, 4.69) is 20.3 Å². The predicted molar refractivity (Wildman–Crippen MR) is 133 cm³/mol. The number of nitro groups is 1. The molecule has 15 nitrogen and oxygen atoms in total. The molecule has 1 N–H and O–H groups in total. The summed E-state index contributed by atoms with van der Waals surface area (Å²) >= 11 is 0. The molecule has 2 aromatic heterocycles. The Bertz CT molecular complexity index is 1390. The lowest BCUT2D eigenvalue weighted by Gasteiger charge is -2.17. The van der Waals surface area contributed by atoms with Crippen molar-refractivity contribution in [3.8, 4) is 5.88 Å². The lowest BCUT2D eigenvalue weighted by Crippen LogP contribution is -2.31. The second-order valence-corrected chi connectivity index (χ2v) is 8.69. The van der Waals surface area contributed by atoms with Gasteiger partial charge < -0.3 is 18.9 Å². The van der Waals surface area contributed by atoms with E-state index in [9.17, 15) is 24.5 Å². The number of fused-ring (bicyclic) bond motifs is 1. The molecule has 1 aliphatic heterocycles. The minimum absolute atomic E-state index is 0.0113. The number of hydrogen-bond donors (Lipinski definition) is 1. The maximum absolute atomic E-state index is 11.7. The molecule has 0 saturated carbocycles. The number of nitro benzene ring substituents is 1. The Morgan fingerprint density at radius 3 is 2.54 bits per heavy atom. The first-order chi connectivity index (χ1) is 18.6.